The zero-order chi connectivity index (χ0) is 21.9. The van der Waals surface area contributed by atoms with Crippen LogP contribution in [-0.2, 0) is 17.7 Å². The smallest absolute Gasteiger partial charge is 0.251 e. The molecule has 1 fully saturated rings. The lowest BCUT2D eigenvalue weighted by Gasteiger charge is -2.30. The van der Waals surface area contributed by atoms with Crippen molar-refractivity contribution in [3.05, 3.63) is 65.2 Å². The fourth-order valence-electron chi connectivity index (χ4n) is 3.60. The first kappa shape index (κ1) is 22.6. The zero-order valence-electron chi connectivity index (χ0n) is 18.5. The molecule has 0 atom stereocenters. The summed E-state index contributed by atoms with van der Waals surface area (Å²) in [4.78, 5) is 19.0. The Bertz CT molecular complexity index is 878. The number of amides is 1. The quantitative estimate of drug-likeness (QED) is 0.448. The van der Waals surface area contributed by atoms with Crippen LogP contribution in [0, 0.1) is 0 Å². The van der Waals surface area contributed by atoms with E-state index in [1.807, 2.05) is 24.3 Å². The first-order valence-corrected chi connectivity index (χ1v) is 10.9. The minimum atomic E-state index is -0.0661. The predicted molar refractivity (Wildman–Crippen MR) is 126 cm³/mol. The van der Waals surface area contributed by atoms with Crippen LogP contribution in [0.4, 0.5) is 5.69 Å². The summed E-state index contributed by atoms with van der Waals surface area (Å²) in [6.07, 6.45) is 0.805. The van der Waals surface area contributed by atoms with E-state index in [1.165, 1.54) is 11.3 Å². The van der Waals surface area contributed by atoms with Gasteiger partial charge in [0.15, 0.2) is 5.96 Å². The van der Waals surface area contributed by atoms with Gasteiger partial charge in [-0.15, -0.1) is 0 Å². The van der Waals surface area contributed by atoms with Crippen LogP contribution in [0.15, 0.2) is 53.5 Å². The molecule has 1 aliphatic heterocycles. The molecule has 2 aromatic rings. The minimum Gasteiger partial charge on any atom is -0.378 e. The van der Waals surface area contributed by atoms with Gasteiger partial charge in [0.1, 0.15) is 0 Å². The van der Waals surface area contributed by atoms with Gasteiger partial charge in [-0.25, -0.2) is 4.99 Å². The van der Waals surface area contributed by atoms with Crippen molar-refractivity contribution in [1.82, 2.24) is 16.0 Å². The molecule has 1 heterocycles. The summed E-state index contributed by atoms with van der Waals surface area (Å²) < 4.78 is 5.49. The molecule has 0 spiro atoms. The molecule has 166 valence electrons. The third-order valence-electron chi connectivity index (χ3n) is 5.22. The molecule has 3 N–H and O–H groups in total. The van der Waals surface area contributed by atoms with Crippen LogP contribution in [0.2, 0.25) is 0 Å². The molecule has 0 aliphatic carbocycles. The molecule has 1 aliphatic rings. The Morgan fingerprint density at radius 3 is 2.68 bits per heavy atom. The van der Waals surface area contributed by atoms with Crippen LogP contribution in [-0.4, -0.2) is 58.3 Å². The minimum absolute atomic E-state index is 0.0661. The maximum absolute atomic E-state index is 11.8. The van der Waals surface area contributed by atoms with E-state index in [-0.39, 0.29) is 5.91 Å². The van der Waals surface area contributed by atoms with Gasteiger partial charge in [-0.1, -0.05) is 30.3 Å². The SMILES string of the molecule is CCNC(=NCc1ccccc1N1CCOCC1)NCCc1cccc(C(=O)NC)c1. The highest BCUT2D eigenvalue weighted by Crippen LogP contribution is 2.22. The molecule has 3 rings (SSSR count). The van der Waals surface area contributed by atoms with E-state index >= 15 is 0 Å². The summed E-state index contributed by atoms with van der Waals surface area (Å²) in [5.74, 6) is 0.727. The largest absolute Gasteiger partial charge is 0.378 e. The summed E-state index contributed by atoms with van der Waals surface area (Å²) in [7, 11) is 1.65. The van der Waals surface area contributed by atoms with Gasteiger partial charge in [0, 0.05) is 44.5 Å². The van der Waals surface area contributed by atoms with Gasteiger partial charge in [-0.2, -0.15) is 0 Å². The van der Waals surface area contributed by atoms with Crippen LogP contribution in [0.5, 0.6) is 0 Å². The number of morpholine rings is 1. The van der Waals surface area contributed by atoms with Crippen LogP contribution >= 0.6 is 0 Å². The third kappa shape index (κ3) is 6.72. The van der Waals surface area contributed by atoms with Gasteiger partial charge >= 0.3 is 0 Å². The molecule has 1 amide bonds. The highest BCUT2D eigenvalue weighted by Gasteiger charge is 2.14. The number of benzene rings is 2. The Labute approximate surface area is 184 Å². The average Bonchev–Trinajstić information content (AvgIpc) is 2.83. The Hall–Kier alpha value is -3.06. The van der Waals surface area contributed by atoms with E-state index < -0.39 is 0 Å². The number of ether oxygens (including phenoxy) is 1. The van der Waals surface area contributed by atoms with Crippen LogP contribution in [0.25, 0.3) is 0 Å². The molecule has 31 heavy (non-hydrogen) atoms. The Kier molecular flexibility index (Phi) is 8.72. The second kappa shape index (κ2) is 12.0. The highest BCUT2D eigenvalue weighted by atomic mass is 16.5. The maximum Gasteiger partial charge on any atom is 0.251 e. The van der Waals surface area contributed by atoms with E-state index in [1.54, 1.807) is 7.05 Å². The molecule has 0 unspecified atom stereocenters. The summed E-state index contributed by atoms with van der Waals surface area (Å²) in [6.45, 7) is 7.55. The summed E-state index contributed by atoms with van der Waals surface area (Å²) in [5.41, 5.74) is 4.23. The number of carbonyl (C=O) groups is 1. The molecule has 7 heteroatoms. The third-order valence-corrected chi connectivity index (χ3v) is 5.22. The number of hydrogen-bond acceptors (Lipinski definition) is 4. The molecule has 2 aromatic carbocycles. The van der Waals surface area contributed by atoms with Gasteiger partial charge < -0.3 is 25.6 Å². The van der Waals surface area contributed by atoms with E-state index in [0.717, 1.165) is 57.3 Å². The number of aliphatic imine (C=N–C) groups is 1. The normalized spacial score (nSPS) is 14.3. The number of anilines is 1. The van der Waals surface area contributed by atoms with Gasteiger partial charge in [0.25, 0.3) is 5.91 Å². The second-order valence-electron chi connectivity index (χ2n) is 7.38. The fourth-order valence-corrected chi connectivity index (χ4v) is 3.60. The topological polar surface area (TPSA) is 78.0 Å². The van der Waals surface area contributed by atoms with E-state index in [4.69, 9.17) is 9.73 Å². The Balaban J connectivity index is 1.60. The monoisotopic (exact) mass is 423 g/mol. The molecule has 1 saturated heterocycles. The number of carbonyl (C=O) groups excluding carboxylic acids is 1. The number of rotatable bonds is 8. The van der Waals surface area contributed by atoms with Crippen molar-refractivity contribution in [2.45, 2.75) is 19.9 Å². The summed E-state index contributed by atoms with van der Waals surface area (Å²) in [6, 6.07) is 16.2. The number of hydrogen-bond donors (Lipinski definition) is 3. The number of nitrogens with zero attached hydrogens (tertiary/aromatic N) is 2. The standard InChI is InChI=1S/C24H33N5O2/c1-3-26-24(27-12-11-19-7-6-9-20(17-19)23(30)25-2)28-18-21-8-4-5-10-22(21)29-13-15-31-16-14-29/h4-10,17H,3,11-16,18H2,1-2H3,(H,25,30)(H2,26,27,28). The lowest BCUT2D eigenvalue weighted by atomic mass is 10.1. The lowest BCUT2D eigenvalue weighted by molar-refractivity contribution is 0.0963. The fraction of sp³-hybridized carbons (Fsp3) is 0.417. The molecule has 0 bridgehead atoms. The maximum atomic E-state index is 11.8. The summed E-state index contributed by atoms with van der Waals surface area (Å²) >= 11 is 0. The van der Waals surface area contributed by atoms with Gasteiger partial charge in [-0.3, -0.25) is 4.79 Å². The van der Waals surface area contributed by atoms with Crippen LogP contribution < -0.4 is 20.9 Å². The Morgan fingerprint density at radius 2 is 1.90 bits per heavy atom. The molecular weight excluding hydrogens is 390 g/mol. The van der Waals surface area contributed by atoms with Crippen molar-refractivity contribution in [3.8, 4) is 0 Å². The van der Waals surface area contributed by atoms with Crippen molar-refractivity contribution in [3.63, 3.8) is 0 Å². The molecule has 7 nitrogen and oxygen atoms in total. The predicted octanol–water partition coefficient (Wildman–Crippen LogP) is 2.18. The molecular formula is C24H33N5O2. The van der Waals surface area contributed by atoms with Crippen LogP contribution in [0.1, 0.15) is 28.4 Å². The molecule has 0 saturated carbocycles. The lowest BCUT2D eigenvalue weighted by Crippen LogP contribution is -2.38. The average molecular weight is 424 g/mol. The first-order chi connectivity index (χ1) is 15.2. The van der Waals surface area contributed by atoms with Crippen molar-refractivity contribution in [2.75, 3.05) is 51.3 Å². The van der Waals surface area contributed by atoms with E-state index in [0.29, 0.717) is 12.1 Å². The van der Waals surface area contributed by atoms with Crippen molar-refractivity contribution in [2.24, 2.45) is 4.99 Å². The molecule has 0 radical (unpaired) electrons. The number of guanidine groups is 1. The summed E-state index contributed by atoms with van der Waals surface area (Å²) in [5, 5.41) is 9.39. The molecule has 0 aromatic heterocycles. The van der Waals surface area contributed by atoms with Crippen LogP contribution in [0.3, 0.4) is 0 Å². The van der Waals surface area contributed by atoms with Gasteiger partial charge in [0.05, 0.1) is 19.8 Å². The van der Waals surface area contributed by atoms with Crippen molar-refractivity contribution in [1.29, 1.82) is 0 Å². The van der Waals surface area contributed by atoms with Crippen molar-refractivity contribution >= 4 is 17.6 Å². The first-order valence-electron chi connectivity index (χ1n) is 10.9. The number of para-hydroxylation sites is 1. The Morgan fingerprint density at radius 1 is 1.10 bits per heavy atom. The van der Waals surface area contributed by atoms with E-state index in [2.05, 4.69) is 52.0 Å². The van der Waals surface area contributed by atoms with Crippen molar-refractivity contribution < 1.29 is 9.53 Å². The van der Waals surface area contributed by atoms with E-state index in [9.17, 15) is 4.79 Å². The second-order valence-corrected chi connectivity index (χ2v) is 7.38. The zero-order valence-corrected chi connectivity index (χ0v) is 18.5. The highest BCUT2D eigenvalue weighted by molar-refractivity contribution is 5.94. The van der Waals surface area contributed by atoms with Gasteiger partial charge in [0.2, 0.25) is 0 Å². The number of nitrogens with one attached hydrogen (secondary N) is 3. The van der Waals surface area contributed by atoms with Gasteiger partial charge in [-0.05, 0) is 42.7 Å².